The van der Waals surface area contributed by atoms with Gasteiger partial charge in [0.2, 0.25) is 0 Å². The second-order valence-electron chi connectivity index (χ2n) is 13.3. The SMILES string of the molecule is CC1CCC(c2ccc(-c3ccc(OC(=O)C4CCC(C(=O)Oc5ccc(N6CCN(C)CC6)cc5)CC4)cc3)cc2)CC1. The highest BCUT2D eigenvalue weighted by Crippen LogP contribution is 2.36. The van der Waals surface area contributed by atoms with Gasteiger partial charge < -0.3 is 19.3 Å². The van der Waals surface area contributed by atoms with E-state index in [-0.39, 0.29) is 23.8 Å². The summed E-state index contributed by atoms with van der Waals surface area (Å²) in [5, 5.41) is 0. The van der Waals surface area contributed by atoms with E-state index in [9.17, 15) is 9.59 Å². The van der Waals surface area contributed by atoms with Crippen molar-refractivity contribution in [1.29, 1.82) is 0 Å². The molecule has 44 heavy (non-hydrogen) atoms. The van der Waals surface area contributed by atoms with Gasteiger partial charge in [-0.15, -0.1) is 0 Å². The maximum absolute atomic E-state index is 12.9. The quantitative estimate of drug-likeness (QED) is 0.206. The number of esters is 2. The van der Waals surface area contributed by atoms with E-state index in [0.717, 1.165) is 43.3 Å². The van der Waals surface area contributed by atoms with Crippen LogP contribution in [0, 0.1) is 17.8 Å². The van der Waals surface area contributed by atoms with E-state index in [0.29, 0.717) is 43.1 Å². The van der Waals surface area contributed by atoms with Crippen LogP contribution in [0.25, 0.3) is 11.1 Å². The van der Waals surface area contributed by atoms with Crippen LogP contribution in [0.5, 0.6) is 11.5 Å². The first-order valence-corrected chi connectivity index (χ1v) is 16.6. The Morgan fingerprint density at radius 3 is 1.55 bits per heavy atom. The van der Waals surface area contributed by atoms with E-state index in [1.165, 1.54) is 36.8 Å². The van der Waals surface area contributed by atoms with Gasteiger partial charge in [0.15, 0.2) is 0 Å². The number of anilines is 1. The summed E-state index contributed by atoms with van der Waals surface area (Å²) in [6, 6.07) is 24.6. The monoisotopic (exact) mass is 594 g/mol. The van der Waals surface area contributed by atoms with Crippen molar-refractivity contribution in [3.63, 3.8) is 0 Å². The van der Waals surface area contributed by atoms with Crippen molar-refractivity contribution in [3.8, 4) is 22.6 Å². The molecule has 3 aromatic rings. The molecule has 0 unspecified atom stereocenters. The molecule has 0 atom stereocenters. The molecule has 3 aromatic carbocycles. The lowest BCUT2D eigenvalue weighted by atomic mass is 9.79. The largest absolute Gasteiger partial charge is 0.426 e. The van der Waals surface area contributed by atoms with Crippen molar-refractivity contribution >= 4 is 17.6 Å². The van der Waals surface area contributed by atoms with Gasteiger partial charge in [-0.1, -0.05) is 56.2 Å². The number of likely N-dealkylation sites (N-methyl/N-ethyl adjacent to an activating group) is 1. The van der Waals surface area contributed by atoms with Gasteiger partial charge in [0, 0.05) is 31.9 Å². The lowest BCUT2D eigenvalue weighted by molar-refractivity contribution is -0.145. The van der Waals surface area contributed by atoms with Gasteiger partial charge in [-0.05, 0) is 110 Å². The average Bonchev–Trinajstić information content (AvgIpc) is 3.06. The molecular weight excluding hydrogens is 548 g/mol. The Morgan fingerprint density at radius 1 is 0.591 bits per heavy atom. The molecule has 1 aliphatic heterocycles. The van der Waals surface area contributed by atoms with Gasteiger partial charge in [0.1, 0.15) is 11.5 Å². The molecule has 2 aliphatic carbocycles. The van der Waals surface area contributed by atoms with Crippen molar-refractivity contribution < 1.29 is 19.1 Å². The third-order valence-corrected chi connectivity index (χ3v) is 10.1. The van der Waals surface area contributed by atoms with E-state index < -0.39 is 0 Å². The normalized spacial score (nSPS) is 24.5. The minimum atomic E-state index is -0.213. The zero-order valence-corrected chi connectivity index (χ0v) is 26.3. The number of benzene rings is 3. The Balaban J connectivity index is 0.946. The standard InChI is InChI=1S/C38H46N2O4/c1-27-3-5-28(6-4-27)29-7-9-30(10-8-29)31-15-19-35(20-16-31)43-37(41)32-11-13-33(14-12-32)38(42)44-36-21-17-34(18-22-36)40-25-23-39(2)24-26-40/h7-10,15-22,27-28,32-33H,3-6,11-14,23-26H2,1-2H3. The van der Waals surface area contributed by atoms with Gasteiger partial charge in [-0.2, -0.15) is 0 Å². The summed E-state index contributed by atoms with van der Waals surface area (Å²) >= 11 is 0. The number of nitrogens with zero attached hydrogens (tertiary/aromatic N) is 2. The number of piperazine rings is 1. The van der Waals surface area contributed by atoms with Crippen molar-refractivity contribution in [2.75, 3.05) is 38.1 Å². The van der Waals surface area contributed by atoms with Crippen LogP contribution in [0.1, 0.15) is 69.8 Å². The summed E-state index contributed by atoms with van der Waals surface area (Å²) in [6.07, 6.45) is 7.76. The minimum Gasteiger partial charge on any atom is -0.426 e. The molecule has 0 radical (unpaired) electrons. The first kappa shape index (κ1) is 30.4. The molecule has 6 rings (SSSR count). The van der Waals surface area contributed by atoms with Crippen LogP contribution in [0.4, 0.5) is 5.69 Å². The van der Waals surface area contributed by atoms with Crippen LogP contribution in [0.2, 0.25) is 0 Å². The number of carbonyl (C=O) groups excluding carboxylic acids is 2. The summed E-state index contributed by atoms with van der Waals surface area (Å²) in [5.41, 5.74) is 4.89. The molecule has 0 bridgehead atoms. The predicted molar refractivity (Wildman–Crippen MR) is 175 cm³/mol. The molecule has 3 fully saturated rings. The van der Waals surface area contributed by atoms with Crippen LogP contribution in [-0.2, 0) is 9.59 Å². The summed E-state index contributed by atoms with van der Waals surface area (Å²) < 4.78 is 11.5. The summed E-state index contributed by atoms with van der Waals surface area (Å²) in [6.45, 7) is 6.46. The summed E-state index contributed by atoms with van der Waals surface area (Å²) in [4.78, 5) is 30.5. The fourth-order valence-corrected chi connectivity index (χ4v) is 7.01. The fourth-order valence-electron chi connectivity index (χ4n) is 7.01. The molecule has 0 spiro atoms. The highest BCUT2D eigenvalue weighted by Gasteiger charge is 2.32. The topological polar surface area (TPSA) is 59.1 Å². The average molecular weight is 595 g/mol. The molecule has 0 aromatic heterocycles. The second kappa shape index (κ2) is 14.0. The lowest BCUT2D eigenvalue weighted by Gasteiger charge is -2.34. The van der Waals surface area contributed by atoms with E-state index in [1.54, 1.807) is 0 Å². The Hall–Kier alpha value is -3.64. The van der Waals surface area contributed by atoms with Crippen LogP contribution < -0.4 is 14.4 Å². The highest BCUT2D eigenvalue weighted by molar-refractivity contribution is 5.78. The van der Waals surface area contributed by atoms with Crippen LogP contribution in [0.15, 0.2) is 72.8 Å². The Kier molecular flexibility index (Phi) is 9.66. The highest BCUT2D eigenvalue weighted by atomic mass is 16.5. The van der Waals surface area contributed by atoms with Crippen LogP contribution in [0.3, 0.4) is 0 Å². The third kappa shape index (κ3) is 7.52. The van der Waals surface area contributed by atoms with Crippen LogP contribution >= 0.6 is 0 Å². The molecule has 2 saturated carbocycles. The number of hydrogen-bond acceptors (Lipinski definition) is 6. The number of hydrogen-bond donors (Lipinski definition) is 0. The molecule has 6 nitrogen and oxygen atoms in total. The van der Waals surface area contributed by atoms with Gasteiger partial charge in [0.05, 0.1) is 11.8 Å². The lowest BCUT2D eigenvalue weighted by Crippen LogP contribution is -2.44. The van der Waals surface area contributed by atoms with E-state index >= 15 is 0 Å². The van der Waals surface area contributed by atoms with Crippen molar-refractivity contribution in [3.05, 3.63) is 78.4 Å². The van der Waals surface area contributed by atoms with Crippen molar-refractivity contribution in [1.82, 2.24) is 4.90 Å². The number of rotatable bonds is 7. The molecule has 1 saturated heterocycles. The van der Waals surface area contributed by atoms with Gasteiger partial charge in [0.25, 0.3) is 0 Å². The Bertz CT molecular complexity index is 1380. The smallest absolute Gasteiger partial charge is 0.314 e. The van der Waals surface area contributed by atoms with Gasteiger partial charge in [-0.3, -0.25) is 9.59 Å². The molecule has 1 heterocycles. The molecule has 0 N–H and O–H groups in total. The zero-order chi connectivity index (χ0) is 30.5. The summed E-state index contributed by atoms with van der Waals surface area (Å²) in [5.74, 6) is 1.88. The molecule has 6 heteroatoms. The van der Waals surface area contributed by atoms with Crippen molar-refractivity contribution in [2.24, 2.45) is 17.8 Å². The first-order chi connectivity index (χ1) is 21.4. The molecule has 232 valence electrons. The maximum atomic E-state index is 12.9. The Labute approximate surface area is 262 Å². The van der Waals surface area contributed by atoms with E-state index in [2.05, 4.69) is 48.0 Å². The third-order valence-electron chi connectivity index (χ3n) is 10.1. The summed E-state index contributed by atoms with van der Waals surface area (Å²) in [7, 11) is 2.14. The fraction of sp³-hybridized carbons (Fsp3) is 0.474. The number of carbonyl (C=O) groups is 2. The predicted octanol–water partition coefficient (Wildman–Crippen LogP) is 7.72. The van der Waals surface area contributed by atoms with Crippen molar-refractivity contribution in [2.45, 2.75) is 64.2 Å². The molecular formula is C38H46N2O4. The zero-order valence-electron chi connectivity index (χ0n) is 26.3. The first-order valence-electron chi connectivity index (χ1n) is 16.6. The van der Waals surface area contributed by atoms with Gasteiger partial charge >= 0.3 is 11.9 Å². The molecule has 3 aliphatic rings. The number of ether oxygens (including phenoxy) is 2. The second-order valence-corrected chi connectivity index (χ2v) is 13.3. The van der Waals surface area contributed by atoms with Crippen LogP contribution in [-0.4, -0.2) is 50.1 Å². The van der Waals surface area contributed by atoms with E-state index in [4.69, 9.17) is 9.47 Å². The minimum absolute atomic E-state index is 0.191. The van der Waals surface area contributed by atoms with E-state index in [1.807, 2.05) is 48.5 Å². The Morgan fingerprint density at radius 2 is 1.05 bits per heavy atom. The maximum Gasteiger partial charge on any atom is 0.314 e. The molecule has 0 amide bonds. The van der Waals surface area contributed by atoms with Gasteiger partial charge in [-0.25, -0.2) is 0 Å².